The highest BCUT2D eigenvalue weighted by Gasteiger charge is 2.17. The zero-order valence-corrected chi connectivity index (χ0v) is 16.2. The number of ether oxygens (including phenoxy) is 1. The molecule has 2 amide bonds. The van der Waals surface area contributed by atoms with Crippen LogP contribution in [0.3, 0.4) is 0 Å². The van der Waals surface area contributed by atoms with Crippen LogP contribution in [-0.2, 0) is 17.6 Å². The molecule has 29 heavy (non-hydrogen) atoms. The molecule has 1 aliphatic rings. The Morgan fingerprint density at radius 1 is 1.03 bits per heavy atom. The number of amides is 2. The normalized spacial score (nSPS) is 12.7. The van der Waals surface area contributed by atoms with E-state index in [4.69, 9.17) is 4.74 Å². The van der Waals surface area contributed by atoms with Crippen LogP contribution < -0.4 is 15.4 Å². The molecule has 0 aliphatic carbocycles. The highest BCUT2D eigenvalue weighted by atomic mass is 16.5. The number of methoxy groups -OCH3 is 1. The number of benzene rings is 3. The van der Waals surface area contributed by atoms with E-state index in [-0.39, 0.29) is 11.8 Å². The topological polar surface area (TPSA) is 67.4 Å². The van der Waals surface area contributed by atoms with Gasteiger partial charge in [0.2, 0.25) is 5.91 Å². The third-order valence-corrected chi connectivity index (χ3v) is 5.04. The second kappa shape index (κ2) is 8.19. The Hall–Kier alpha value is -3.60. The van der Waals surface area contributed by atoms with E-state index in [1.807, 2.05) is 42.5 Å². The first-order valence-electron chi connectivity index (χ1n) is 9.57. The predicted molar refractivity (Wildman–Crippen MR) is 114 cm³/mol. The quantitative estimate of drug-likeness (QED) is 0.682. The monoisotopic (exact) mass is 386 g/mol. The summed E-state index contributed by atoms with van der Waals surface area (Å²) in [6.45, 7) is 0. The molecule has 1 heterocycles. The Labute approximate surface area is 169 Å². The molecule has 5 nitrogen and oxygen atoms in total. The minimum absolute atomic E-state index is 0.0129. The van der Waals surface area contributed by atoms with Crippen LogP contribution in [0.2, 0.25) is 0 Å². The van der Waals surface area contributed by atoms with Crippen molar-refractivity contribution in [3.63, 3.8) is 0 Å². The van der Waals surface area contributed by atoms with Gasteiger partial charge in [0.05, 0.1) is 7.11 Å². The highest BCUT2D eigenvalue weighted by Crippen LogP contribution is 2.27. The Balaban J connectivity index is 1.54. The van der Waals surface area contributed by atoms with E-state index < -0.39 is 0 Å². The Morgan fingerprint density at radius 3 is 2.66 bits per heavy atom. The van der Waals surface area contributed by atoms with E-state index in [2.05, 4.69) is 22.8 Å². The standard InChI is InChI=1S/C24H22N2O3/c1-29-22-11-9-20(15-19(22)13-16-5-3-2-4-6-16)25-24(28)18-7-10-21-17(14-18)8-12-23(27)26-21/h2-7,9-11,14-15H,8,12-13H2,1H3,(H,25,28)(H,26,27). The van der Waals surface area contributed by atoms with Gasteiger partial charge in [-0.05, 0) is 53.9 Å². The largest absolute Gasteiger partial charge is 0.496 e. The molecule has 0 bridgehead atoms. The molecule has 4 rings (SSSR count). The molecule has 0 atom stereocenters. The summed E-state index contributed by atoms with van der Waals surface area (Å²) in [5.74, 6) is 0.621. The van der Waals surface area contributed by atoms with Crippen LogP contribution in [0.25, 0.3) is 0 Å². The van der Waals surface area contributed by atoms with Crippen LogP contribution in [-0.4, -0.2) is 18.9 Å². The van der Waals surface area contributed by atoms with Gasteiger partial charge in [-0.25, -0.2) is 0 Å². The summed E-state index contributed by atoms with van der Waals surface area (Å²) < 4.78 is 5.49. The van der Waals surface area contributed by atoms with E-state index in [0.717, 1.165) is 22.6 Å². The lowest BCUT2D eigenvalue weighted by Crippen LogP contribution is -2.20. The van der Waals surface area contributed by atoms with Crippen LogP contribution in [0.1, 0.15) is 33.5 Å². The maximum atomic E-state index is 12.8. The fourth-order valence-corrected chi connectivity index (χ4v) is 3.54. The number of anilines is 2. The predicted octanol–water partition coefficient (Wildman–Crippen LogP) is 4.42. The van der Waals surface area contributed by atoms with Gasteiger partial charge in [0.1, 0.15) is 5.75 Å². The molecule has 0 spiro atoms. The lowest BCUT2D eigenvalue weighted by molar-refractivity contribution is -0.116. The molecule has 2 N–H and O–H groups in total. The number of carbonyl (C=O) groups excluding carboxylic acids is 2. The van der Waals surface area contributed by atoms with Crippen molar-refractivity contribution in [1.82, 2.24) is 0 Å². The number of rotatable bonds is 5. The average molecular weight is 386 g/mol. The van der Waals surface area contributed by atoms with Gasteiger partial charge in [0, 0.05) is 35.3 Å². The van der Waals surface area contributed by atoms with Crippen molar-refractivity contribution in [2.45, 2.75) is 19.3 Å². The van der Waals surface area contributed by atoms with Gasteiger partial charge in [-0.15, -0.1) is 0 Å². The lowest BCUT2D eigenvalue weighted by Gasteiger charge is -2.17. The van der Waals surface area contributed by atoms with Gasteiger partial charge in [0.15, 0.2) is 0 Å². The van der Waals surface area contributed by atoms with E-state index in [1.54, 1.807) is 19.2 Å². The number of carbonyl (C=O) groups is 2. The summed E-state index contributed by atoms with van der Waals surface area (Å²) in [5.41, 5.74) is 5.23. The summed E-state index contributed by atoms with van der Waals surface area (Å²) in [7, 11) is 1.65. The van der Waals surface area contributed by atoms with Crippen molar-refractivity contribution in [3.8, 4) is 5.75 Å². The fraction of sp³-hybridized carbons (Fsp3) is 0.167. The van der Waals surface area contributed by atoms with Gasteiger partial charge < -0.3 is 15.4 Å². The van der Waals surface area contributed by atoms with Crippen LogP contribution in [0.4, 0.5) is 11.4 Å². The summed E-state index contributed by atoms with van der Waals surface area (Å²) >= 11 is 0. The lowest BCUT2D eigenvalue weighted by atomic mass is 10.00. The summed E-state index contributed by atoms with van der Waals surface area (Å²) in [5, 5.41) is 5.80. The first-order valence-corrected chi connectivity index (χ1v) is 9.57. The van der Waals surface area contributed by atoms with Crippen molar-refractivity contribution in [3.05, 3.63) is 89.0 Å². The van der Waals surface area contributed by atoms with E-state index in [1.165, 1.54) is 5.56 Å². The van der Waals surface area contributed by atoms with Crippen LogP contribution >= 0.6 is 0 Å². The number of nitrogens with one attached hydrogen (secondary N) is 2. The Kier molecular flexibility index (Phi) is 5.29. The average Bonchev–Trinajstić information content (AvgIpc) is 2.74. The summed E-state index contributed by atoms with van der Waals surface area (Å²) in [6, 6.07) is 21.2. The van der Waals surface area contributed by atoms with Crippen LogP contribution in [0.5, 0.6) is 5.75 Å². The van der Waals surface area contributed by atoms with Gasteiger partial charge in [0.25, 0.3) is 5.91 Å². The summed E-state index contributed by atoms with van der Waals surface area (Å²) in [4.78, 5) is 24.3. The minimum Gasteiger partial charge on any atom is -0.496 e. The maximum absolute atomic E-state index is 12.8. The molecule has 0 radical (unpaired) electrons. The van der Waals surface area contributed by atoms with Crippen LogP contribution in [0, 0.1) is 0 Å². The number of aryl methyl sites for hydroxylation is 1. The zero-order valence-electron chi connectivity index (χ0n) is 16.2. The van der Waals surface area contributed by atoms with Gasteiger partial charge in [-0.3, -0.25) is 9.59 Å². The van der Waals surface area contributed by atoms with Crippen molar-refractivity contribution in [1.29, 1.82) is 0 Å². The zero-order chi connectivity index (χ0) is 20.2. The third kappa shape index (κ3) is 4.29. The molecule has 0 unspecified atom stereocenters. The van der Waals surface area contributed by atoms with Crippen LogP contribution in [0.15, 0.2) is 66.7 Å². The van der Waals surface area contributed by atoms with Crippen molar-refractivity contribution in [2.24, 2.45) is 0 Å². The van der Waals surface area contributed by atoms with Crippen molar-refractivity contribution >= 4 is 23.2 Å². The van der Waals surface area contributed by atoms with E-state index in [9.17, 15) is 9.59 Å². The Bertz CT molecular complexity index is 1060. The second-order valence-electron chi connectivity index (χ2n) is 7.06. The van der Waals surface area contributed by atoms with Gasteiger partial charge >= 0.3 is 0 Å². The maximum Gasteiger partial charge on any atom is 0.255 e. The molecule has 146 valence electrons. The van der Waals surface area contributed by atoms with Gasteiger partial charge in [-0.2, -0.15) is 0 Å². The third-order valence-electron chi connectivity index (χ3n) is 5.04. The number of hydrogen-bond acceptors (Lipinski definition) is 3. The Morgan fingerprint density at radius 2 is 1.86 bits per heavy atom. The molecule has 0 aromatic heterocycles. The molecule has 5 heteroatoms. The molecule has 1 aliphatic heterocycles. The van der Waals surface area contributed by atoms with Crippen molar-refractivity contribution < 1.29 is 14.3 Å². The van der Waals surface area contributed by atoms with E-state index in [0.29, 0.717) is 30.5 Å². The minimum atomic E-state index is -0.180. The number of fused-ring (bicyclic) bond motifs is 1. The molecular weight excluding hydrogens is 364 g/mol. The first-order chi connectivity index (χ1) is 14.1. The number of hydrogen-bond donors (Lipinski definition) is 2. The molecule has 0 fully saturated rings. The SMILES string of the molecule is COc1ccc(NC(=O)c2ccc3c(c2)CCC(=O)N3)cc1Cc1ccccc1. The van der Waals surface area contributed by atoms with E-state index >= 15 is 0 Å². The summed E-state index contributed by atoms with van der Waals surface area (Å²) in [6.07, 6.45) is 1.80. The first kappa shape index (κ1) is 18.7. The molecule has 3 aromatic rings. The second-order valence-corrected chi connectivity index (χ2v) is 7.06. The smallest absolute Gasteiger partial charge is 0.255 e. The fourth-order valence-electron chi connectivity index (χ4n) is 3.54. The molecule has 3 aromatic carbocycles. The highest BCUT2D eigenvalue weighted by molar-refractivity contribution is 6.05. The molecule has 0 saturated heterocycles. The molecule has 0 saturated carbocycles. The molecular formula is C24H22N2O3. The van der Waals surface area contributed by atoms with Gasteiger partial charge in [-0.1, -0.05) is 30.3 Å². The van der Waals surface area contributed by atoms with Crippen molar-refractivity contribution in [2.75, 3.05) is 17.7 Å².